The van der Waals surface area contributed by atoms with Crippen molar-refractivity contribution >= 4 is 17.7 Å². The number of aliphatic hydroxyl groups is 1. The highest BCUT2D eigenvalue weighted by Gasteiger charge is 2.35. The van der Waals surface area contributed by atoms with Crippen molar-refractivity contribution in [3.05, 3.63) is 30.1 Å². The molecule has 1 aliphatic carbocycles. The number of benzene rings is 1. The van der Waals surface area contributed by atoms with Crippen molar-refractivity contribution in [2.24, 2.45) is 5.92 Å². The largest absolute Gasteiger partial charge is 0.481 e. The van der Waals surface area contributed by atoms with Gasteiger partial charge in [-0.15, -0.1) is 11.8 Å². The standard InChI is InChI=1S/C14H17FO3S/c15-11-2-1-3-12(8-11)19-9-14(18)6-4-10(5-7-14)13(16)17/h1-3,8,10,18H,4-7,9H2,(H,16,17). The average molecular weight is 284 g/mol. The molecule has 2 N–H and O–H groups in total. The van der Waals surface area contributed by atoms with Crippen LogP contribution in [0, 0.1) is 11.7 Å². The summed E-state index contributed by atoms with van der Waals surface area (Å²) in [4.78, 5) is 11.6. The first kappa shape index (κ1) is 14.3. The third kappa shape index (κ3) is 3.94. The van der Waals surface area contributed by atoms with Crippen LogP contribution >= 0.6 is 11.8 Å². The van der Waals surface area contributed by atoms with E-state index in [0.717, 1.165) is 4.90 Å². The van der Waals surface area contributed by atoms with Crippen LogP contribution in [0.3, 0.4) is 0 Å². The summed E-state index contributed by atoms with van der Waals surface area (Å²) in [7, 11) is 0. The minimum atomic E-state index is -0.830. The highest BCUT2D eigenvalue weighted by Crippen LogP contribution is 2.36. The molecule has 0 amide bonds. The maximum absolute atomic E-state index is 13.0. The van der Waals surface area contributed by atoms with Gasteiger partial charge in [0.15, 0.2) is 0 Å². The van der Waals surface area contributed by atoms with Gasteiger partial charge in [0.25, 0.3) is 0 Å². The Balaban J connectivity index is 1.88. The van der Waals surface area contributed by atoms with Crippen molar-refractivity contribution in [1.29, 1.82) is 0 Å². The summed E-state index contributed by atoms with van der Waals surface area (Å²) < 4.78 is 13.0. The zero-order valence-corrected chi connectivity index (χ0v) is 11.3. The lowest BCUT2D eigenvalue weighted by molar-refractivity contribution is -0.144. The van der Waals surface area contributed by atoms with Crippen molar-refractivity contribution in [1.82, 2.24) is 0 Å². The Morgan fingerprint density at radius 2 is 2.11 bits per heavy atom. The Kier molecular flexibility index (Phi) is 4.47. The molecule has 0 aromatic heterocycles. The van der Waals surface area contributed by atoms with Crippen LogP contribution in [0.2, 0.25) is 0 Å². The number of halogens is 1. The predicted molar refractivity (Wildman–Crippen MR) is 71.7 cm³/mol. The van der Waals surface area contributed by atoms with Crippen LogP contribution in [0.15, 0.2) is 29.2 Å². The lowest BCUT2D eigenvalue weighted by atomic mass is 9.80. The number of carboxylic acids is 1. The van der Waals surface area contributed by atoms with E-state index in [-0.39, 0.29) is 11.7 Å². The zero-order chi connectivity index (χ0) is 13.9. The van der Waals surface area contributed by atoms with Gasteiger partial charge in [0.2, 0.25) is 0 Å². The van der Waals surface area contributed by atoms with Crippen LogP contribution in [0.5, 0.6) is 0 Å². The van der Waals surface area contributed by atoms with Gasteiger partial charge in [0.05, 0.1) is 11.5 Å². The molecule has 0 spiro atoms. The van der Waals surface area contributed by atoms with Gasteiger partial charge in [-0.1, -0.05) is 6.07 Å². The molecule has 1 saturated carbocycles. The summed E-state index contributed by atoms with van der Waals surface area (Å²) in [6.45, 7) is 0. The molecule has 0 atom stereocenters. The van der Waals surface area contributed by atoms with E-state index in [1.807, 2.05) is 0 Å². The highest BCUT2D eigenvalue weighted by molar-refractivity contribution is 7.99. The smallest absolute Gasteiger partial charge is 0.306 e. The molecule has 1 aromatic rings. The van der Waals surface area contributed by atoms with E-state index in [1.165, 1.54) is 23.9 Å². The van der Waals surface area contributed by atoms with Gasteiger partial charge >= 0.3 is 5.97 Å². The van der Waals surface area contributed by atoms with E-state index in [4.69, 9.17) is 5.11 Å². The van der Waals surface area contributed by atoms with E-state index >= 15 is 0 Å². The van der Waals surface area contributed by atoms with Crippen LogP contribution in [0.25, 0.3) is 0 Å². The minimum absolute atomic E-state index is 0.286. The van der Waals surface area contributed by atoms with Crippen LogP contribution < -0.4 is 0 Å². The van der Waals surface area contributed by atoms with E-state index in [9.17, 15) is 14.3 Å². The zero-order valence-electron chi connectivity index (χ0n) is 10.5. The van der Waals surface area contributed by atoms with Gasteiger partial charge in [0, 0.05) is 10.6 Å². The number of rotatable bonds is 4. The maximum atomic E-state index is 13.0. The van der Waals surface area contributed by atoms with Crippen molar-refractivity contribution < 1.29 is 19.4 Å². The second kappa shape index (κ2) is 5.92. The first-order chi connectivity index (χ1) is 8.98. The molecule has 0 heterocycles. The number of hydrogen-bond acceptors (Lipinski definition) is 3. The number of hydrogen-bond donors (Lipinski definition) is 2. The molecule has 1 aliphatic rings. The molecule has 1 fully saturated rings. The van der Waals surface area contributed by atoms with Gasteiger partial charge in [-0.3, -0.25) is 4.79 Å². The van der Waals surface area contributed by atoms with Gasteiger partial charge in [0.1, 0.15) is 5.82 Å². The molecule has 0 saturated heterocycles. The molecule has 3 nitrogen and oxygen atoms in total. The lowest BCUT2D eigenvalue weighted by Gasteiger charge is -2.34. The summed E-state index contributed by atoms with van der Waals surface area (Å²) in [6, 6.07) is 6.27. The Labute approximate surface area is 115 Å². The molecular weight excluding hydrogens is 267 g/mol. The second-order valence-corrected chi connectivity index (χ2v) is 6.13. The average Bonchev–Trinajstić information content (AvgIpc) is 2.37. The van der Waals surface area contributed by atoms with Crippen molar-refractivity contribution in [2.75, 3.05) is 5.75 Å². The molecule has 0 unspecified atom stereocenters. The van der Waals surface area contributed by atoms with Crippen LogP contribution in [-0.4, -0.2) is 27.5 Å². The Morgan fingerprint density at radius 3 is 2.68 bits per heavy atom. The molecule has 0 aliphatic heterocycles. The number of thioether (sulfide) groups is 1. The summed E-state index contributed by atoms with van der Waals surface area (Å²) in [5.41, 5.74) is -0.830. The Hall–Kier alpha value is -1.07. The third-order valence-electron chi connectivity index (χ3n) is 3.57. The fraction of sp³-hybridized carbons (Fsp3) is 0.500. The van der Waals surface area contributed by atoms with E-state index in [0.29, 0.717) is 31.4 Å². The first-order valence-electron chi connectivity index (χ1n) is 6.32. The molecule has 0 radical (unpaired) electrons. The fourth-order valence-electron chi connectivity index (χ4n) is 2.32. The van der Waals surface area contributed by atoms with Gasteiger partial charge in [-0.25, -0.2) is 4.39 Å². The lowest BCUT2D eigenvalue weighted by Crippen LogP contribution is -2.38. The highest BCUT2D eigenvalue weighted by atomic mass is 32.2. The predicted octanol–water partition coefficient (Wildman–Crippen LogP) is 2.92. The molecule has 19 heavy (non-hydrogen) atoms. The van der Waals surface area contributed by atoms with E-state index in [1.54, 1.807) is 12.1 Å². The molecular formula is C14H17FO3S. The van der Waals surface area contributed by atoms with Gasteiger partial charge in [-0.05, 0) is 43.9 Å². The van der Waals surface area contributed by atoms with Gasteiger partial charge < -0.3 is 10.2 Å². The second-order valence-electron chi connectivity index (χ2n) is 5.08. The van der Waals surface area contributed by atoms with Crippen LogP contribution in [0.4, 0.5) is 4.39 Å². The molecule has 0 bridgehead atoms. The third-order valence-corrected chi connectivity index (χ3v) is 4.84. The molecule has 5 heteroatoms. The summed E-state index contributed by atoms with van der Waals surface area (Å²) in [5.74, 6) is -0.922. The maximum Gasteiger partial charge on any atom is 0.306 e. The summed E-state index contributed by atoms with van der Waals surface area (Å²) >= 11 is 1.41. The van der Waals surface area contributed by atoms with Crippen LogP contribution in [-0.2, 0) is 4.79 Å². The van der Waals surface area contributed by atoms with Crippen molar-refractivity contribution in [3.63, 3.8) is 0 Å². The van der Waals surface area contributed by atoms with E-state index < -0.39 is 11.6 Å². The fourth-order valence-corrected chi connectivity index (χ4v) is 3.42. The summed E-state index contributed by atoms with van der Waals surface area (Å²) in [5, 5.41) is 19.3. The molecule has 1 aromatic carbocycles. The minimum Gasteiger partial charge on any atom is -0.481 e. The number of carboxylic acid groups (broad SMARTS) is 1. The molecule has 2 rings (SSSR count). The normalized spacial score (nSPS) is 27.2. The summed E-state index contributed by atoms with van der Waals surface area (Å²) in [6.07, 6.45) is 2.00. The molecule has 104 valence electrons. The van der Waals surface area contributed by atoms with Gasteiger partial charge in [-0.2, -0.15) is 0 Å². The number of carbonyl (C=O) groups is 1. The quantitative estimate of drug-likeness (QED) is 0.835. The monoisotopic (exact) mass is 284 g/mol. The van der Waals surface area contributed by atoms with Crippen molar-refractivity contribution in [2.45, 2.75) is 36.2 Å². The number of aliphatic carboxylic acids is 1. The topological polar surface area (TPSA) is 57.5 Å². The van der Waals surface area contributed by atoms with Crippen LogP contribution in [0.1, 0.15) is 25.7 Å². The Bertz CT molecular complexity index is 456. The van der Waals surface area contributed by atoms with Crippen molar-refractivity contribution in [3.8, 4) is 0 Å². The van der Waals surface area contributed by atoms with E-state index in [2.05, 4.69) is 0 Å². The Morgan fingerprint density at radius 1 is 1.42 bits per heavy atom. The SMILES string of the molecule is O=C(O)C1CCC(O)(CSc2cccc(F)c2)CC1. The first-order valence-corrected chi connectivity index (χ1v) is 7.31.